The predicted octanol–water partition coefficient (Wildman–Crippen LogP) is 6.51. The molecule has 0 aliphatic carbocycles. The number of halogens is 4. The Labute approximate surface area is 252 Å². The summed E-state index contributed by atoms with van der Waals surface area (Å²) in [5, 5.41) is 12.2. The molecule has 4 aliphatic rings. The van der Waals surface area contributed by atoms with E-state index in [1.165, 1.54) is 22.4 Å². The highest BCUT2D eigenvalue weighted by Gasteiger charge is 2.36. The molecule has 1 N–H and O–H groups in total. The van der Waals surface area contributed by atoms with Crippen LogP contribution in [0.4, 0.5) is 5.69 Å². The number of aromatic carboxylic acids is 1. The van der Waals surface area contributed by atoms with Crippen molar-refractivity contribution in [1.82, 2.24) is 4.58 Å². The zero-order valence-electron chi connectivity index (χ0n) is 22.0. The molecule has 206 valence electrons. The predicted molar refractivity (Wildman–Crippen MR) is 161 cm³/mol. The van der Waals surface area contributed by atoms with Crippen LogP contribution in [0.25, 0.3) is 5.57 Å². The van der Waals surface area contributed by atoms with E-state index in [9.17, 15) is 9.90 Å². The number of nitrogens with zero attached hydrogens (tertiary/aromatic N) is 2. The Kier molecular flexibility index (Phi) is 6.51. The lowest BCUT2D eigenvalue weighted by Gasteiger charge is -2.35. The smallest absolute Gasteiger partial charge is 0.337 e. The first kappa shape index (κ1) is 26.5. The number of aryl methyl sites for hydroxylation is 2. The van der Waals surface area contributed by atoms with Gasteiger partial charge in [-0.15, -0.1) is 0 Å². The van der Waals surface area contributed by atoms with Crippen molar-refractivity contribution in [3.8, 4) is 11.5 Å². The second kappa shape index (κ2) is 9.84. The maximum atomic E-state index is 12.8. The van der Waals surface area contributed by atoms with Crippen LogP contribution in [0.5, 0.6) is 11.5 Å². The van der Waals surface area contributed by atoms with Gasteiger partial charge in [-0.1, -0.05) is 46.4 Å². The SMILES string of the molecule is C[N+]1=c2cc3c(cc2CCC1)=C(c1c(Cl)c(Cl)c(Cl)c(Cl)c1C(=O)O)c1cc2c4c(c1O3)CCCN4CCCC2. The molecule has 3 aromatic rings. The number of hydrogen-bond donors (Lipinski definition) is 1. The first-order chi connectivity index (χ1) is 19.3. The summed E-state index contributed by atoms with van der Waals surface area (Å²) in [6.07, 6.45) is 7.03. The highest BCUT2D eigenvalue weighted by Crippen LogP contribution is 2.51. The fourth-order valence-electron chi connectivity index (χ4n) is 6.96. The van der Waals surface area contributed by atoms with Gasteiger partial charge in [0.05, 0.1) is 31.7 Å². The van der Waals surface area contributed by atoms with E-state index in [1.54, 1.807) is 0 Å². The maximum Gasteiger partial charge on any atom is 0.337 e. The van der Waals surface area contributed by atoms with Gasteiger partial charge in [-0.2, -0.15) is 0 Å². The number of benzene rings is 3. The van der Waals surface area contributed by atoms with Gasteiger partial charge in [-0.3, -0.25) is 0 Å². The zero-order chi connectivity index (χ0) is 27.9. The number of carbonyl (C=O) groups is 1. The second-order valence-electron chi connectivity index (χ2n) is 11.1. The second-order valence-corrected chi connectivity index (χ2v) is 12.6. The standard InChI is InChI=1S/C31H26Cl4N2O3/c1-36-9-4-7-15-12-18-21(14-20(15)36)40-30-17-8-5-11-37-10-3-2-6-16(29(17)37)13-19(30)22(18)23-24(31(38)39)26(33)28(35)27(34)25(23)32/h12-14H,2-11H2,1H3/p+1. The molecule has 0 atom stereocenters. The van der Waals surface area contributed by atoms with Gasteiger partial charge in [0.2, 0.25) is 5.36 Å². The molecule has 0 unspecified atom stereocenters. The Hall–Kier alpha value is -2.44. The van der Waals surface area contributed by atoms with Crippen molar-refractivity contribution in [1.29, 1.82) is 0 Å². The third-order valence-electron chi connectivity index (χ3n) is 8.74. The molecule has 0 spiro atoms. The van der Waals surface area contributed by atoms with Gasteiger partial charge in [0, 0.05) is 58.2 Å². The van der Waals surface area contributed by atoms with E-state index in [-0.39, 0.29) is 31.2 Å². The Balaban J connectivity index is 1.68. The van der Waals surface area contributed by atoms with E-state index in [2.05, 4.69) is 34.7 Å². The van der Waals surface area contributed by atoms with Crippen LogP contribution < -0.4 is 24.8 Å². The van der Waals surface area contributed by atoms with E-state index in [0.717, 1.165) is 86.5 Å². The van der Waals surface area contributed by atoms with Crippen molar-refractivity contribution < 1.29 is 14.6 Å². The third-order valence-corrected chi connectivity index (χ3v) is 10.5. The van der Waals surface area contributed by atoms with Gasteiger partial charge in [0.15, 0.2) is 0 Å². The summed E-state index contributed by atoms with van der Waals surface area (Å²) < 4.78 is 9.06. The molecule has 0 saturated heterocycles. The molecular formula is C31H27Cl4N2O3+. The van der Waals surface area contributed by atoms with Gasteiger partial charge >= 0.3 is 5.97 Å². The van der Waals surface area contributed by atoms with Crippen molar-refractivity contribution in [2.75, 3.05) is 31.6 Å². The van der Waals surface area contributed by atoms with E-state index in [4.69, 9.17) is 51.1 Å². The molecule has 0 aromatic heterocycles. The van der Waals surface area contributed by atoms with E-state index in [0.29, 0.717) is 11.3 Å². The van der Waals surface area contributed by atoms with Crippen molar-refractivity contribution in [3.05, 3.63) is 82.2 Å². The summed E-state index contributed by atoms with van der Waals surface area (Å²) in [6, 6.07) is 6.39. The number of carboxylic acids is 1. The first-order valence-corrected chi connectivity index (χ1v) is 15.2. The molecule has 0 saturated carbocycles. The largest absolute Gasteiger partial charge is 0.478 e. The minimum absolute atomic E-state index is 0.0374. The molecule has 4 heterocycles. The molecule has 40 heavy (non-hydrogen) atoms. The Morgan fingerprint density at radius 3 is 2.45 bits per heavy atom. The van der Waals surface area contributed by atoms with Crippen LogP contribution in [0.3, 0.4) is 0 Å². The van der Waals surface area contributed by atoms with Crippen molar-refractivity contribution in [2.45, 2.75) is 44.9 Å². The molecule has 7 rings (SSSR count). The number of carboxylic acid groups (broad SMARTS) is 1. The van der Waals surface area contributed by atoms with Gasteiger partial charge in [0.25, 0.3) is 0 Å². The van der Waals surface area contributed by atoms with Gasteiger partial charge in [-0.25, -0.2) is 9.37 Å². The van der Waals surface area contributed by atoms with Gasteiger partial charge in [0.1, 0.15) is 25.1 Å². The highest BCUT2D eigenvalue weighted by atomic mass is 35.5. The monoisotopic (exact) mass is 615 g/mol. The number of anilines is 1. The lowest BCUT2D eigenvalue weighted by Crippen LogP contribution is -2.37. The van der Waals surface area contributed by atoms with Crippen LogP contribution in [0.2, 0.25) is 20.1 Å². The zero-order valence-corrected chi connectivity index (χ0v) is 25.0. The highest BCUT2D eigenvalue weighted by molar-refractivity contribution is 6.53. The summed E-state index contributed by atoms with van der Waals surface area (Å²) in [5.74, 6) is 0.218. The molecule has 3 aromatic carbocycles. The maximum absolute atomic E-state index is 12.8. The molecule has 9 heteroatoms. The molecule has 0 fully saturated rings. The molecular weight excluding hydrogens is 590 g/mol. The third kappa shape index (κ3) is 3.88. The number of rotatable bonds is 2. The number of hydrogen-bond acceptors (Lipinski definition) is 3. The van der Waals surface area contributed by atoms with Crippen molar-refractivity contribution in [3.63, 3.8) is 0 Å². The summed E-state index contributed by atoms with van der Waals surface area (Å²) in [6.45, 7) is 3.02. The fourth-order valence-corrected chi connectivity index (χ4v) is 7.99. The van der Waals surface area contributed by atoms with Crippen LogP contribution in [0.1, 0.15) is 63.9 Å². The van der Waals surface area contributed by atoms with Gasteiger partial charge < -0.3 is 14.7 Å². The lowest BCUT2D eigenvalue weighted by atomic mass is 9.84. The average molecular weight is 617 g/mol. The summed E-state index contributed by atoms with van der Waals surface area (Å²) >= 11 is 26.5. The minimum atomic E-state index is -1.22. The summed E-state index contributed by atoms with van der Waals surface area (Å²) in [5.41, 5.74) is 6.51. The molecule has 0 bridgehead atoms. The quantitative estimate of drug-likeness (QED) is 0.159. The van der Waals surface area contributed by atoms with E-state index >= 15 is 0 Å². The van der Waals surface area contributed by atoms with Gasteiger partial charge in [-0.05, 0) is 56.2 Å². The Morgan fingerprint density at radius 1 is 0.900 bits per heavy atom. The minimum Gasteiger partial charge on any atom is -0.478 e. The molecule has 5 nitrogen and oxygen atoms in total. The van der Waals surface area contributed by atoms with Crippen LogP contribution in [0, 0.1) is 0 Å². The first-order valence-electron chi connectivity index (χ1n) is 13.7. The van der Waals surface area contributed by atoms with Crippen LogP contribution in [-0.2, 0) is 19.3 Å². The van der Waals surface area contributed by atoms with E-state index < -0.39 is 5.97 Å². The normalized spacial score (nSPS) is 17.4. The van der Waals surface area contributed by atoms with Crippen LogP contribution in [-0.4, -0.2) is 37.8 Å². The average Bonchev–Trinajstić information content (AvgIpc) is 3.15. The molecule has 0 amide bonds. The van der Waals surface area contributed by atoms with Crippen molar-refractivity contribution in [2.24, 2.45) is 0 Å². The van der Waals surface area contributed by atoms with E-state index in [1.807, 2.05) is 0 Å². The Morgan fingerprint density at radius 2 is 1.65 bits per heavy atom. The number of ether oxygens (including phenoxy) is 1. The fraction of sp³-hybridized carbons (Fsp3) is 0.355. The molecule has 4 aliphatic heterocycles. The topological polar surface area (TPSA) is 52.8 Å². The van der Waals surface area contributed by atoms with Crippen LogP contribution >= 0.6 is 46.4 Å². The molecule has 0 radical (unpaired) electrons. The summed E-state index contributed by atoms with van der Waals surface area (Å²) in [4.78, 5) is 15.2. The Bertz CT molecular complexity index is 1780. The van der Waals surface area contributed by atoms with Crippen LogP contribution in [0.15, 0.2) is 18.2 Å². The van der Waals surface area contributed by atoms with Crippen molar-refractivity contribution >= 4 is 63.6 Å². The lowest BCUT2D eigenvalue weighted by molar-refractivity contribution is 0.0696. The number of fused-ring (bicyclic) bond motifs is 4. The summed E-state index contributed by atoms with van der Waals surface area (Å²) in [7, 11) is 2.09.